The maximum atomic E-state index is 5.37. The molecule has 0 atom stereocenters. The smallest absolute Gasteiger partial charge is 0.252 e. The SMILES string of the molecule is Cc1ccc2c(c1)c1cc(C)cc3c1n2-c1cc(N(c2ccccc2)c2ccccc2)cc2c1B3c1cccc3nc(-c4ccccc4)n-2c13. The number of hydrogen-bond acceptors (Lipinski definition) is 2. The quantitative estimate of drug-likeness (QED) is 0.180. The molecule has 0 bridgehead atoms. The lowest BCUT2D eigenvalue weighted by Crippen LogP contribution is -2.59. The molecular formula is C45H31BN4. The van der Waals surface area contributed by atoms with E-state index in [1.807, 2.05) is 0 Å². The molecule has 0 aliphatic carbocycles. The van der Waals surface area contributed by atoms with E-state index in [9.17, 15) is 0 Å². The maximum absolute atomic E-state index is 5.37. The van der Waals surface area contributed by atoms with Gasteiger partial charge in [0.15, 0.2) is 0 Å². The van der Waals surface area contributed by atoms with Crippen molar-refractivity contribution in [1.29, 1.82) is 0 Å². The molecular weight excluding hydrogens is 607 g/mol. The fourth-order valence-electron chi connectivity index (χ4n) is 8.80. The summed E-state index contributed by atoms with van der Waals surface area (Å²) in [5, 5.41) is 2.62. The van der Waals surface area contributed by atoms with E-state index in [0.29, 0.717) is 0 Å². The largest absolute Gasteiger partial charge is 0.310 e. The van der Waals surface area contributed by atoms with Crippen LogP contribution in [0.25, 0.3) is 55.6 Å². The number of para-hydroxylation sites is 3. The standard InChI is InChI=1S/C45H31BN4/c1-28-21-22-39-34(23-28)35-24-29(2)25-37-43(35)49(39)40-26-33(48(31-15-8-4-9-16-31)32-17-10-5-11-18-32)27-41-42(40)46(37)36-19-12-20-38-44(36)50(41)45(47-38)30-13-6-3-7-14-30/h3-27H,1-2H3. The molecule has 9 aromatic rings. The van der Waals surface area contributed by atoms with Gasteiger partial charge in [0.2, 0.25) is 0 Å². The van der Waals surface area contributed by atoms with Crippen molar-refractivity contribution in [3.8, 4) is 22.8 Å². The van der Waals surface area contributed by atoms with Crippen LogP contribution in [-0.2, 0) is 0 Å². The van der Waals surface area contributed by atoms with Crippen LogP contribution in [0.5, 0.6) is 0 Å². The fourth-order valence-corrected chi connectivity index (χ4v) is 8.80. The predicted octanol–water partition coefficient (Wildman–Crippen LogP) is 9.02. The Kier molecular flexibility index (Phi) is 5.58. The molecule has 0 N–H and O–H groups in total. The van der Waals surface area contributed by atoms with Gasteiger partial charge in [-0.25, -0.2) is 4.98 Å². The van der Waals surface area contributed by atoms with Crippen molar-refractivity contribution in [2.45, 2.75) is 13.8 Å². The number of fused-ring (bicyclic) bond motifs is 7. The van der Waals surface area contributed by atoms with Gasteiger partial charge in [0.05, 0.1) is 22.2 Å². The second kappa shape index (κ2) is 10.1. The third kappa shape index (κ3) is 3.69. The number of aromatic nitrogens is 3. The molecule has 4 heterocycles. The first-order valence-corrected chi connectivity index (χ1v) is 17.3. The second-order valence-corrected chi connectivity index (χ2v) is 13.8. The van der Waals surface area contributed by atoms with Gasteiger partial charge in [-0.3, -0.25) is 4.57 Å². The highest BCUT2D eigenvalue weighted by Crippen LogP contribution is 2.42. The zero-order chi connectivity index (χ0) is 33.1. The lowest BCUT2D eigenvalue weighted by molar-refractivity contribution is 1.09. The van der Waals surface area contributed by atoms with Gasteiger partial charge in [-0.15, -0.1) is 0 Å². The molecule has 0 radical (unpaired) electrons. The van der Waals surface area contributed by atoms with E-state index in [4.69, 9.17) is 4.98 Å². The van der Waals surface area contributed by atoms with Gasteiger partial charge < -0.3 is 9.47 Å². The van der Waals surface area contributed by atoms with E-state index >= 15 is 0 Å². The fraction of sp³-hybridized carbons (Fsp3) is 0.0444. The number of rotatable bonds is 4. The van der Waals surface area contributed by atoms with E-state index in [1.165, 1.54) is 66.2 Å². The van der Waals surface area contributed by atoms with Crippen LogP contribution in [0.15, 0.2) is 152 Å². The van der Waals surface area contributed by atoms with Crippen molar-refractivity contribution >= 4 is 73.0 Å². The topological polar surface area (TPSA) is 26.0 Å². The minimum atomic E-state index is 0.0628. The van der Waals surface area contributed by atoms with Gasteiger partial charge in [0.25, 0.3) is 6.71 Å². The average molecular weight is 639 g/mol. The monoisotopic (exact) mass is 638 g/mol. The van der Waals surface area contributed by atoms with E-state index in [1.54, 1.807) is 0 Å². The van der Waals surface area contributed by atoms with Gasteiger partial charge in [0.1, 0.15) is 5.82 Å². The van der Waals surface area contributed by atoms with Crippen LogP contribution in [-0.4, -0.2) is 20.8 Å². The molecule has 7 aromatic carbocycles. The molecule has 2 aliphatic heterocycles. The molecule has 0 saturated heterocycles. The normalized spacial score (nSPS) is 12.6. The van der Waals surface area contributed by atoms with Crippen LogP contribution in [0.1, 0.15) is 11.1 Å². The zero-order valence-electron chi connectivity index (χ0n) is 27.8. The van der Waals surface area contributed by atoms with Crippen molar-refractivity contribution in [2.24, 2.45) is 0 Å². The highest BCUT2D eigenvalue weighted by molar-refractivity contribution is 7.00. The molecule has 2 aliphatic rings. The highest BCUT2D eigenvalue weighted by atomic mass is 15.2. The van der Waals surface area contributed by atoms with Crippen LogP contribution in [0, 0.1) is 13.8 Å². The molecule has 0 unspecified atom stereocenters. The molecule has 50 heavy (non-hydrogen) atoms. The molecule has 11 rings (SSSR count). The number of imidazole rings is 1. The van der Waals surface area contributed by atoms with Crippen LogP contribution >= 0.6 is 0 Å². The maximum Gasteiger partial charge on any atom is 0.252 e. The molecule has 0 spiro atoms. The molecule has 234 valence electrons. The Morgan fingerprint density at radius 2 is 1.18 bits per heavy atom. The van der Waals surface area contributed by atoms with E-state index in [2.05, 4.69) is 180 Å². The number of hydrogen-bond donors (Lipinski definition) is 0. The minimum Gasteiger partial charge on any atom is -0.310 e. The Balaban J connectivity index is 1.35. The van der Waals surface area contributed by atoms with Gasteiger partial charge in [-0.05, 0) is 90.9 Å². The third-order valence-corrected chi connectivity index (χ3v) is 10.7. The summed E-state index contributed by atoms with van der Waals surface area (Å²) in [6, 6.07) is 55.4. The van der Waals surface area contributed by atoms with Gasteiger partial charge in [-0.2, -0.15) is 0 Å². The van der Waals surface area contributed by atoms with Crippen LogP contribution in [0.2, 0.25) is 0 Å². The first kappa shape index (κ1) is 27.6. The van der Waals surface area contributed by atoms with Crippen LogP contribution in [0.3, 0.4) is 0 Å². The van der Waals surface area contributed by atoms with Crippen molar-refractivity contribution in [3.05, 3.63) is 163 Å². The Morgan fingerprint density at radius 3 is 1.90 bits per heavy atom. The van der Waals surface area contributed by atoms with Gasteiger partial charge in [0, 0.05) is 44.6 Å². The Hall–Kier alpha value is -6.33. The first-order chi connectivity index (χ1) is 24.6. The summed E-state index contributed by atoms with van der Waals surface area (Å²) in [6.45, 7) is 4.50. The van der Waals surface area contributed by atoms with Crippen molar-refractivity contribution in [2.75, 3.05) is 4.90 Å². The van der Waals surface area contributed by atoms with E-state index < -0.39 is 0 Å². The van der Waals surface area contributed by atoms with Crippen molar-refractivity contribution in [3.63, 3.8) is 0 Å². The zero-order valence-corrected chi connectivity index (χ0v) is 27.8. The minimum absolute atomic E-state index is 0.0628. The molecule has 0 fully saturated rings. The summed E-state index contributed by atoms with van der Waals surface area (Å²) < 4.78 is 5.00. The predicted molar refractivity (Wildman–Crippen MR) is 210 cm³/mol. The van der Waals surface area contributed by atoms with Gasteiger partial charge in [-0.1, -0.05) is 102 Å². The number of aryl methyl sites for hydroxylation is 2. The summed E-state index contributed by atoms with van der Waals surface area (Å²) in [4.78, 5) is 7.76. The molecule has 5 heteroatoms. The molecule has 4 nitrogen and oxygen atoms in total. The lowest BCUT2D eigenvalue weighted by atomic mass is 9.34. The lowest BCUT2D eigenvalue weighted by Gasteiger charge is -2.35. The summed E-state index contributed by atoms with van der Waals surface area (Å²) in [7, 11) is 0. The van der Waals surface area contributed by atoms with Crippen LogP contribution in [0.4, 0.5) is 17.1 Å². The van der Waals surface area contributed by atoms with Gasteiger partial charge >= 0.3 is 0 Å². The molecule has 0 saturated carbocycles. The van der Waals surface area contributed by atoms with E-state index in [-0.39, 0.29) is 6.71 Å². The Bertz CT molecular complexity index is 2790. The summed E-state index contributed by atoms with van der Waals surface area (Å²) >= 11 is 0. The summed E-state index contributed by atoms with van der Waals surface area (Å²) in [6.07, 6.45) is 0. The Morgan fingerprint density at radius 1 is 0.520 bits per heavy atom. The molecule has 0 amide bonds. The van der Waals surface area contributed by atoms with E-state index in [0.717, 1.165) is 34.0 Å². The summed E-state index contributed by atoms with van der Waals surface area (Å²) in [5.74, 6) is 0.963. The van der Waals surface area contributed by atoms with Crippen molar-refractivity contribution < 1.29 is 0 Å². The van der Waals surface area contributed by atoms with Crippen molar-refractivity contribution in [1.82, 2.24) is 14.1 Å². The third-order valence-electron chi connectivity index (χ3n) is 10.7. The first-order valence-electron chi connectivity index (χ1n) is 17.3. The average Bonchev–Trinajstić information content (AvgIpc) is 3.70. The second-order valence-electron chi connectivity index (χ2n) is 13.8. The van der Waals surface area contributed by atoms with Crippen LogP contribution < -0.4 is 21.3 Å². The number of nitrogens with zero attached hydrogens (tertiary/aromatic N) is 4. The number of anilines is 3. The number of benzene rings is 7. The Labute approximate surface area is 290 Å². The molecule has 2 aromatic heterocycles. The summed E-state index contributed by atoms with van der Waals surface area (Å²) in [5.41, 5.74) is 18.1. The highest BCUT2D eigenvalue weighted by Gasteiger charge is 2.42.